The van der Waals surface area contributed by atoms with Crippen molar-refractivity contribution in [2.75, 3.05) is 13.7 Å². The highest BCUT2D eigenvalue weighted by Gasteiger charge is 2.10. The van der Waals surface area contributed by atoms with E-state index in [4.69, 9.17) is 27.9 Å². The van der Waals surface area contributed by atoms with Crippen LogP contribution >= 0.6 is 23.2 Å². The van der Waals surface area contributed by atoms with Crippen molar-refractivity contribution < 1.29 is 14.3 Å². The second-order valence-corrected chi connectivity index (χ2v) is 6.44. The molecule has 0 aliphatic heterocycles. The van der Waals surface area contributed by atoms with Crippen molar-refractivity contribution in [2.24, 2.45) is 0 Å². The molecule has 0 aliphatic carbocycles. The smallest absolute Gasteiger partial charge is 0.343 e. The number of carbonyl (C=O) groups is 1. The van der Waals surface area contributed by atoms with E-state index in [1.165, 1.54) is 7.11 Å². The molecule has 0 aromatic heterocycles. The van der Waals surface area contributed by atoms with Gasteiger partial charge in [-0.3, -0.25) is 0 Å². The van der Waals surface area contributed by atoms with Crippen LogP contribution in [0.1, 0.15) is 11.1 Å². The van der Waals surface area contributed by atoms with Crippen molar-refractivity contribution in [1.29, 1.82) is 0 Å². The lowest BCUT2D eigenvalue weighted by atomic mass is 10.0. The third kappa shape index (κ3) is 4.25. The molecule has 0 amide bonds. The number of ether oxygens (including phenoxy) is 2. The molecule has 0 atom stereocenters. The van der Waals surface area contributed by atoms with Gasteiger partial charge in [0.2, 0.25) is 0 Å². The Bertz CT molecular complexity index is 905. The van der Waals surface area contributed by atoms with Gasteiger partial charge in [-0.2, -0.15) is 0 Å². The first-order chi connectivity index (χ1) is 12.1. The first-order valence-corrected chi connectivity index (χ1v) is 8.47. The molecule has 0 aliphatic rings. The number of rotatable bonds is 5. The summed E-state index contributed by atoms with van der Waals surface area (Å²) in [7, 11) is 1.33. The van der Waals surface area contributed by atoms with Crippen molar-refractivity contribution in [3.63, 3.8) is 0 Å². The van der Waals surface area contributed by atoms with Crippen LogP contribution in [0, 0.1) is 0 Å². The molecule has 3 rings (SSSR count). The van der Waals surface area contributed by atoms with Crippen LogP contribution in [0.3, 0.4) is 0 Å². The van der Waals surface area contributed by atoms with E-state index >= 15 is 0 Å². The van der Waals surface area contributed by atoms with E-state index < -0.39 is 5.97 Å². The maximum absolute atomic E-state index is 11.3. The average Bonchev–Trinajstić information content (AvgIpc) is 2.63. The monoisotopic (exact) mass is 374 g/mol. The van der Waals surface area contributed by atoms with Crippen LogP contribution in [0.15, 0.2) is 54.6 Å². The van der Waals surface area contributed by atoms with Crippen molar-refractivity contribution >= 4 is 39.9 Å². The van der Waals surface area contributed by atoms with Gasteiger partial charge in [-0.1, -0.05) is 47.5 Å². The molecule has 128 valence electrons. The molecule has 3 nitrogen and oxygen atoms in total. The lowest BCUT2D eigenvalue weighted by Gasteiger charge is -2.11. The third-order valence-corrected chi connectivity index (χ3v) is 4.46. The maximum Gasteiger partial charge on any atom is 0.343 e. The standard InChI is InChI=1S/C20H16Cl2O3/c1-24-20(23)12-25-19-9-8-18(22)16-7-4-14(11-17(16)19)10-13-2-5-15(21)6-3-13/h2-9,11H,10,12H2,1H3. The molecule has 0 saturated heterocycles. The minimum absolute atomic E-state index is 0.144. The van der Waals surface area contributed by atoms with Gasteiger partial charge in [0.1, 0.15) is 5.75 Å². The summed E-state index contributed by atoms with van der Waals surface area (Å²) in [6.45, 7) is -0.144. The van der Waals surface area contributed by atoms with Crippen molar-refractivity contribution in [1.82, 2.24) is 0 Å². The van der Waals surface area contributed by atoms with Crippen molar-refractivity contribution in [3.8, 4) is 5.75 Å². The fourth-order valence-corrected chi connectivity index (χ4v) is 2.96. The van der Waals surface area contributed by atoms with Gasteiger partial charge >= 0.3 is 5.97 Å². The van der Waals surface area contributed by atoms with E-state index in [0.29, 0.717) is 15.8 Å². The lowest BCUT2D eigenvalue weighted by molar-refractivity contribution is -0.142. The highest BCUT2D eigenvalue weighted by molar-refractivity contribution is 6.35. The first kappa shape index (κ1) is 17.6. The summed E-state index contributed by atoms with van der Waals surface area (Å²) in [6.07, 6.45) is 0.760. The van der Waals surface area contributed by atoms with Crippen LogP contribution in [0.5, 0.6) is 5.75 Å². The molecule has 0 unspecified atom stereocenters. The molecule has 0 N–H and O–H groups in total. The Morgan fingerprint density at radius 3 is 2.36 bits per heavy atom. The highest BCUT2D eigenvalue weighted by Crippen LogP contribution is 2.33. The number of hydrogen-bond donors (Lipinski definition) is 0. The first-order valence-electron chi connectivity index (χ1n) is 7.72. The lowest BCUT2D eigenvalue weighted by Crippen LogP contribution is -2.12. The number of fused-ring (bicyclic) bond motifs is 1. The minimum Gasteiger partial charge on any atom is -0.481 e. The third-order valence-electron chi connectivity index (χ3n) is 3.88. The Kier molecular flexibility index (Phi) is 5.47. The number of carbonyl (C=O) groups excluding carboxylic acids is 1. The van der Waals surface area contributed by atoms with Crippen molar-refractivity contribution in [2.45, 2.75) is 6.42 Å². The number of methoxy groups -OCH3 is 1. The van der Waals surface area contributed by atoms with Gasteiger partial charge in [0, 0.05) is 20.8 Å². The molecule has 3 aromatic carbocycles. The summed E-state index contributed by atoms with van der Waals surface area (Å²) in [4.78, 5) is 11.3. The summed E-state index contributed by atoms with van der Waals surface area (Å²) in [6, 6.07) is 17.3. The largest absolute Gasteiger partial charge is 0.481 e. The zero-order valence-corrected chi connectivity index (χ0v) is 15.1. The maximum atomic E-state index is 11.3. The van der Waals surface area contributed by atoms with E-state index in [1.807, 2.05) is 42.5 Å². The number of hydrogen-bond acceptors (Lipinski definition) is 3. The van der Waals surface area contributed by atoms with Gasteiger partial charge in [-0.25, -0.2) is 4.79 Å². The van der Waals surface area contributed by atoms with Crippen LogP contribution in [-0.2, 0) is 16.0 Å². The Labute approximate surface area is 156 Å². The van der Waals surface area contributed by atoms with Crippen LogP contribution in [0.2, 0.25) is 10.0 Å². The Balaban J connectivity index is 1.93. The molecule has 0 saturated carbocycles. The number of esters is 1. The number of benzene rings is 3. The van der Waals surface area contributed by atoms with E-state index in [0.717, 1.165) is 28.3 Å². The fourth-order valence-electron chi connectivity index (χ4n) is 2.60. The van der Waals surface area contributed by atoms with Gasteiger partial charge in [0.15, 0.2) is 6.61 Å². The van der Waals surface area contributed by atoms with E-state index in [9.17, 15) is 4.79 Å². The summed E-state index contributed by atoms with van der Waals surface area (Å²) in [5.74, 6) is 0.170. The molecule has 0 bridgehead atoms. The van der Waals surface area contributed by atoms with Gasteiger partial charge in [-0.15, -0.1) is 0 Å². The SMILES string of the molecule is COC(=O)COc1ccc(Cl)c2ccc(Cc3ccc(Cl)cc3)cc12. The summed E-state index contributed by atoms with van der Waals surface area (Å²) in [5, 5.41) is 3.10. The summed E-state index contributed by atoms with van der Waals surface area (Å²) < 4.78 is 10.2. The predicted octanol–water partition coefficient (Wildman–Crippen LogP) is 5.29. The highest BCUT2D eigenvalue weighted by atomic mass is 35.5. The van der Waals surface area contributed by atoms with E-state index in [1.54, 1.807) is 12.1 Å². The normalized spacial score (nSPS) is 10.7. The molecule has 5 heteroatoms. The summed E-state index contributed by atoms with van der Waals surface area (Å²) in [5.41, 5.74) is 2.27. The minimum atomic E-state index is -0.430. The molecule has 3 aromatic rings. The van der Waals surface area contributed by atoms with Gasteiger partial charge in [-0.05, 0) is 47.9 Å². The van der Waals surface area contributed by atoms with E-state index in [2.05, 4.69) is 4.74 Å². The molecule has 0 fully saturated rings. The average molecular weight is 375 g/mol. The van der Waals surface area contributed by atoms with Crippen LogP contribution in [0.25, 0.3) is 10.8 Å². The van der Waals surface area contributed by atoms with Crippen LogP contribution in [0.4, 0.5) is 0 Å². The number of halogens is 2. The molecule has 0 heterocycles. The molecule has 25 heavy (non-hydrogen) atoms. The second kappa shape index (κ2) is 7.77. The van der Waals surface area contributed by atoms with Gasteiger partial charge in [0.25, 0.3) is 0 Å². The Hall–Kier alpha value is -2.23. The molecular weight excluding hydrogens is 359 g/mol. The van der Waals surface area contributed by atoms with Gasteiger partial charge in [0.05, 0.1) is 7.11 Å². The summed E-state index contributed by atoms with van der Waals surface area (Å²) >= 11 is 12.2. The zero-order chi connectivity index (χ0) is 17.8. The van der Waals surface area contributed by atoms with Crippen molar-refractivity contribution in [3.05, 3.63) is 75.8 Å². The van der Waals surface area contributed by atoms with Crippen LogP contribution < -0.4 is 4.74 Å². The van der Waals surface area contributed by atoms with Crippen LogP contribution in [-0.4, -0.2) is 19.7 Å². The second-order valence-electron chi connectivity index (χ2n) is 5.59. The predicted molar refractivity (Wildman–Crippen MR) is 101 cm³/mol. The Morgan fingerprint density at radius 2 is 1.64 bits per heavy atom. The zero-order valence-electron chi connectivity index (χ0n) is 13.6. The molecule has 0 spiro atoms. The molecule has 0 radical (unpaired) electrons. The Morgan fingerprint density at radius 1 is 0.920 bits per heavy atom. The topological polar surface area (TPSA) is 35.5 Å². The molecular formula is C20H16Cl2O3. The van der Waals surface area contributed by atoms with E-state index in [-0.39, 0.29) is 6.61 Å². The quantitative estimate of drug-likeness (QED) is 0.569. The van der Waals surface area contributed by atoms with Gasteiger partial charge < -0.3 is 9.47 Å². The fraction of sp³-hybridized carbons (Fsp3) is 0.150.